The number of rotatable bonds is 2. The minimum absolute atomic E-state index is 0.910. The topological polar surface area (TPSA) is 37.9 Å². The summed E-state index contributed by atoms with van der Waals surface area (Å²) in [5, 5.41) is 0. The van der Waals surface area contributed by atoms with Crippen LogP contribution in [-0.2, 0) is 0 Å². The number of aryl methyl sites for hydroxylation is 1. The molecular formula is C13H15BrN2O. The normalized spacial score (nSPS) is 10.6. The van der Waals surface area contributed by atoms with Crippen molar-refractivity contribution in [2.75, 3.05) is 7.11 Å². The minimum atomic E-state index is 0.910. The average Bonchev–Trinajstić information content (AvgIpc) is 2.70. The van der Waals surface area contributed by atoms with E-state index in [0.717, 1.165) is 32.7 Å². The molecule has 0 spiro atoms. The van der Waals surface area contributed by atoms with Crippen LogP contribution < -0.4 is 4.74 Å². The summed E-state index contributed by atoms with van der Waals surface area (Å²) in [6.45, 7) is 6.24. The van der Waals surface area contributed by atoms with Crippen molar-refractivity contribution in [3.63, 3.8) is 0 Å². The Morgan fingerprint density at radius 2 is 1.94 bits per heavy atom. The van der Waals surface area contributed by atoms with Crippen LogP contribution in [0, 0.1) is 20.8 Å². The molecule has 0 amide bonds. The van der Waals surface area contributed by atoms with Crippen LogP contribution in [0.1, 0.15) is 16.7 Å². The Hall–Kier alpha value is -1.29. The van der Waals surface area contributed by atoms with E-state index in [1.807, 2.05) is 0 Å². The first kappa shape index (κ1) is 12.2. The molecule has 2 aromatic rings. The number of H-pyrrole nitrogens is 1. The molecule has 1 N–H and O–H groups in total. The van der Waals surface area contributed by atoms with Crippen LogP contribution in [0.4, 0.5) is 0 Å². The highest BCUT2D eigenvalue weighted by molar-refractivity contribution is 9.10. The zero-order chi connectivity index (χ0) is 12.6. The lowest BCUT2D eigenvalue weighted by Gasteiger charge is -2.14. The van der Waals surface area contributed by atoms with Gasteiger partial charge in [-0.15, -0.1) is 0 Å². The molecule has 0 fully saturated rings. The quantitative estimate of drug-likeness (QED) is 0.915. The van der Waals surface area contributed by atoms with E-state index in [-0.39, 0.29) is 0 Å². The molecule has 90 valence electrons. The number of aromatic amines is 1. The van der Waals surface area contributed by atoms with Gasteiger partial charge in [0, 0.05) is 5.56 Å². The number of nitrogens with zero attached hydrogens (tertiary/aromatic N) is 1. The lowest BCUT2D eigenvalue weighted by Crippen LogP contribution is -1.96. The first-order valence-corrected chi connectivity index (χ1v) is 6.19. The number of hydrogen-bond acceptors (Lipinski definition) is 2. The van der Waals surface area contributed by atoms with Crippen LogP contribution in [-0.4, -0.2) is 17.1 Å². The van der Waals surface area contributed by atoms with Gasteiger partial charge >= 0.3 is 0 Å². The van der Waals surface area contributed by atoms with Gasteiger partial charge in [-0.05, 0) is 59.5 Å². The second-order valence-corrected chi connectivity index (χ2v) is 4.88. The first-order valence-electron chi connectivity index (χ1n) is 5.40. The number of benzene rings is 1. The van der Waals surface area contributed by atoms with Crippen molar-refractivity contribution in [1.29, 1.82) is 0 Å². The number of methoxy groups -OCH3 is 1. The van der Waals surface area contributed by atoms with Gasteiger partial charge in [-0.1, -0.05) is 0 Å². The van der Waals surface area contributed by atoms with Crippen molar-refractivity contribution in [1.82, 2.24) is 9.97 Å². The standard InChI is InChI=1S/C13H15BrN2O/c1-7-5-10(17-4)8(2)9(3)11(7)12-13(14)16-6-15-12/h5-6H,1-4H3,(H,15,16). The fourth-order valence-electron chi connectivity index (χ4n) is 2.07. The Kier molecular flexibility index (Phi) is 3.24. The summed E-state index contributed by atoms with van der Waals surface area (Å²) in [5.41, 5.74) is 5.64. The van der Waals surface area contributed by atoms with Crippen LogP contribution in [0.2, 0.25) is 0 Å². The second kappa shape index (κ2) is 4.53. The van der Waals surface area contributed by atoms with Crippen LogP contribution in [0.3, 0.4) is 0 Å². The van der Waals surface area contributed by atoms with Gasteiger partial charge in [-0.25, -0.2) is 4.98 Å². The molecule has 17 heavy (non-hydrogen) atoms. The zero-order valence-electron chi connectivity index (χ0n) is 10.4. The van der Waals surface area contributed by atoms with Crippen LogP contribution in [0.25, 0.3) is 11.3 Å². The van der Waals surface area contributed by atoms with Crippen molar-refractivity contribution >= 4 is 15.9 Å². The molecule has 2 rings (SSSR count). The summed E-state index contributed by atoms with van der Waals surface area (Å²) in [6, 6.07) is 2.05. The average molecular weight is 295 g/mol. The number of imidazole rings is 1. The molecule has 1 aromatic heterocycles. The van der Waals surface area contributed by atoms with Gasteiger partial charge < -0.3 is 9.72 Å². The molecule has 0 radical (unpaired) electrons. The molecule has 0 atom stereocenters. The zero-order valence-corrected chi connectivity index (χ0v) is 12.0. The lowest BCUT2D eigenvalue weighted by atomic mass is 9.95. The molecule has 0 saturated carbocycles. The van der Waals surface area contributed by atoms with E-state index in [4.69, 9.17) is 4.74 Å². The Morgan fingerprint density at radius 1 is 1.24 bits per heavy atom. The van der Waals surface area contributed by atoms with Gasteiger partial charge in [0.1, 0.15) is 16.0 Å². The van der Waals surface area contributed by atoms with E-state index in [1.165, 1.54) is 5.56 Å². The smallest absolute Gasteiger partial charge is 0.122 e. The molecule has 0 aliphatic carbocycles. The Labute approximate surface area is 109 Å². The SMILES string of the molecule is COc1cc(C)c(-c2nc[nH]c2Br)c(C)c1C. The first-order chi connectivity index (χ1) is 8.06. The predicted octanol–water partition coefficient (Wildman–Crippen LogP) is 3.77. The molecule has 4 heteroatoms. The van der Waals surface area contributed by atoms with Crippen molar-refractivity contribution in [2.24, 2.45) is 0 Å². The lowest BCUT2D eigenvalue weighted by molar-refractivity contribution is 0.411. The number of ether oxygens (including phenoxy) is 1. The molecule has 0 unspecified atom stereocenters. The number of aromatic nitrogens is 2. The highest BCUT2D eigenvalue weighted by atomic mass is 79.9. The van der Waals surface area contributed by atoms with E-state index in [2.05, 4.69) is 52.7 Å². The minimum Gasteiger partial charge on any atom is -0.496 e. The maximum Gasteiger partial charge on any atom is 0.122 e. The van der Waals surface area contributed by atoms with Crippen LogP contribution >= 0.6 is 15.9 Å². The van der Waals surface area contributed by atoms with Gasteiger partial charge in [0.25, 0.3) is 0 Å². The van der Waals surface area contributed by atoms with Crippen molar-refractivity contribution < 1.29 is 4.74 Å². The highest BCUT2D eigenvalue weighted by Crippen LogP contribution is 2.36. The molecule has 3 nitrogen and oxygen atoms in total. The molecular weight excluding hydrogens is 280 g/mol. The Balaban J connectivity index is 2.72. The van der Waals surface area contributed by atoms with Crippen molar-refractivity contribution in [2.45, 2.75) is 20.8 Å². The Bertz CT molecular complexity index is 561. The number of halogens is 1. The van der Waals surface area contributed by atoms with E-state index in [9.17, 15) is 0 Å². The molecule has 0 bridgehead atoms. The van der Waals surface area contributed by atoms with E-state index in [0.29, 0.717) is 0 Å². The second-order valence-electron chi connectivity index (χ2n) is 4.09. The van der Waals surface area contributed by atoms with E-state index >= 15 is 0 Å². The summed E-state index contributed by atoms with van der Waals surface area (Å²) in [5.74, 6) is 0.926. The molecule has 1 heterocycles. The number of nitrogens with one attached hydrogen (secondary N) is 1. The molecule has 0 aliphatic heterocycles. The predicted molar refractivity (Wildman–Crippen MR) is 72.5 cm³/mol. The fourth-order valence-corrected chi connectivity index (χ4v) is 2.48. The summed E-state index contributed by atoms with van der Waals surface area (Å²) >= 11 is 3.48. The van der Waals surface area contributed by atoms with Gasteiger partial charge in [0.05, 0.1) is 13.4 Å². The highest BCUT2D eigenvalue weighted by Gasteiger charge is 2.15. The third-order valence-corrected chi connectivity index (χ3v) is 3.70. The van der Waals surface area contributed by atoms with E-state index in [1.54, 1.807) is 13.4 Å². The summed E-state index contributed by atoms with van der Waals surface area (Å²) < 4.78 is 6.28. The van der Waals surface area contributed by atoms with Crippen LogP contribution in [0.5, 0.6) is 5.75 Å². The van der Waals surface area contributed by atoms with Crippen LogP contribution in [0.15, 0.2) is 17.0 Å². The third-order valence-electron chi connectivity index (χ3n) is 3.10. The maximum absolute atomic E-state index is 5.37. The van der Waals surface area contributed by atoms with Crippen molar-refractivity contribution in [3.05, 3.63) is 33.7 Å². The van der Waals surface area contributed by atoms with Crippen molar-refractivity contribution in [3.8, 4) is 17.0 Å². The summed E-state index contributed by atoms with van der Waals surface area (Å²) in [4.78, 5) is 7.40. The maximum atomic E-state index is 5.37. The summed E-state index contributed by atoms with van der Waals surface area (Å²) in [6.07, 6.45) is 1.69. The monoisotopic (exact) mass is 294 g/mol. The molecule has 1 aromatic carbocycles. The largest absolute Gasteiger partial charge is 0.496 e. The Morgan fingerprint density at radius 3 is 2.47 bits per heavy atom. The molecule has 0 saturated heterocycles. The third kappa shape index (κ3) is 1.97. The van der Waals surface area contributed by atoms with Gasteiger partial charge in [0.15, 0.2) is 0 Å². The van der Waals surface area contributed by atoms with Gasteiger partial charge in [0.2, 0.25) is 0 Å². The van der Waals surface area contributed by atoms with Gasteiger partial charge in [-0.2, -0.15) is 0 Å². The summed E-state index contributed by atoms with van der Waals surface area (Å²) in [7, 11) is 1.70. The van der Waals surface area contributed by atoms with Gasteiger partial charge in [-0.3, -0.25) is 0 Å². The number of hydrogen-bond donors (Lipinski definition) is 1. The fraction of sp³-hybridized carbons (Fsp3) is 0.308. The molecule has 0 aliphatic rings. The van der Waals surface area contributed by atoms with E-state index < -0.39 is 0 Å².